The standard InChI is InChI=1S/C17H15ClN2O5/c1-11(16(21)19(2)12-6-4-3-5-7-12)25-17(22)14-10-13(20(23)24)8-9-15(14)18/h3-11H,1-2H3/t11-/m0/s1. The number of carbonyl (C=O) groups is 2. The van der Waals surface area contributed by atoms with E-state index in [-0.39, 0.29) is 16.3 Å². The molecule has 0 heterocycles. The van der Waals surface area contributed by atoms with E-state index in [1.807, 2.05) is 6.07 Å². The van der Waals surface area contributed by atoms with Gasteiger partial charge < -0.3 is 9.64 Å². The van der Waals surface area contributed by atoms with Crippen molar-refractivity contribution in [1.82, 2.24) is 0 Å². The van der Waals surface area contributed by atoms with E-state index < -0.39 is 22.9 Å². The van der Waals surface area contributed by atoms with Crippen LogP contribution < -0.4 is 4.90 Å². The first-order valence-electron chi connectivity index (χ1n) is 7.28. The van der Waals surface area contributed by atoms with Crippen molar-refractivity contribution < 1.29 is 19.2 Å². The van der Waals surface area contributed by atoms with Gasteiger partial charge in [-0.05, 0) is 25.1 Å². The minimum absolute atomic E-state index is 0.00617. The maximum Gasteiger partial charge on any atom is 0.340 e. The number of esters is 1. The third kappa shape index (κ3) is 4.33. The van der Waals surface area contributed by atoms with Crippen molar-refractivity contribution in [2.45, 2.75) is 13.0 Å². The van der Waals surface area contributed by atoms with Crippen molar-refractivity contribution >= 4 is 34.9 Å². The van der Waals surface area contributed by atoms with E-state index in [2.05, 4.69) is 0 Å². The number of anilines is 1. The number of ether oxygens (including phenoxy) is 1. The maximum atomic E-state index is 12.4. The predicted octanol–water partition coefficient (Wildman–Crippen LogP) is 3.46. The number of halogens is 1. The molecule has 0 saturated carbocycles. The lowest BCUT2D eigenvalue weighted by atomic mass is 10.2. The van der Waals surface area contributed by atoms with E-state index in [0.29, 0.717) is 5.69 Å². The van der Waals surface area contributed by atoms with E-state index in [1.165, 1.54) is 24.0 Å². The number of hydrogen-bond acceptors (Lipinski definition) is 5. The van der Waals surface area contributed by atoms with Gasteiger partial charge in [-0.3, -0.25) is 14.9 Å². The summed E-state index contributed by atoms with van der Waals surface area (Å²) in [4.78, 5) is 36.1. The average molecular weight is 363 g/mol. The van der Waals surface area contributed by atoms with Crippen LogP contribution in [0.3, 0.4) is 0 Å². The molecule has 0 radical (unpaired) electrons. The topological polar surface area (TPSA) is 89.7 Å². The number of nitro benzene ring substituents is 1. The van der Waals surface area contributed by atoms with E-state index in [0.717, 1.165) is 6.07 Å². The molecule has 2 aromatic carbocycles. The number of carbonyl (C=O) groups excluding carboxylic acids is 2. The van der Waals surface area contributed by atoms with Crippen molar-refractivity contribution in [3.8, 4) is 0 Å². The largest absolute Gasteiger partial charge is 0.449 e. The summed E-state index contributed by atoms with van der Waals surface area (Å²) in [5.74, 6) is -1.35. The van der Waals surface area contributed by atoms with Crippen LogP contribution in [-0.4, -0.2) is 30.0 Å². The van der Waals surface area contributed by atoms with Crippen LogP contribution in [0.25, 0.3) is 0 Å². The Kier molecular flexibility index (Phi) is 5.71. The highest BCUT2D eigenvalue weighted by atomic mass is 35.5. The van der Waals surface area contributed by atoms with E-state index in [9.17, 15) is 19.7 Å². The molecular formula is C17H15ClN2O5. The Morgan fingerprint density at radius 3 is 2.44 bits per heavy atom. The Hall–Kier alpha value is -2.93. The van der Waals surface area contributed by atoms with Crippen LogP contribution >= 0.6 is 11.6 Å². The van der Waals surface area contributed by atoms with Gasteiger partial charge in [0.15, 0.2) is 6.10 Å². The molecule has 130 valence electrons. The molecule has 1 amide bonds. The Labute approximate surface area is 148 Å². The van der Waals surface area contributed by atoms with Crippen LogP contribution in [0.5, 0.6) is 0 Å². The Balaban J connectivity index is 2.13. The first kappa shape index (κ1) is 18.4. The lowest BCUT2D eigenvalue weighted by molar-refractivity contribution is -0.384. The quantitative estimate of drug-likeness (QED) is 0.461. The number of likely N-dealkylation sites (N-methyl/N-ethyl adjacent to an activating group) is 1. The Bertz CT molecular complexity index is 810. The zero-order valence-electron chi connectivity index (χ0n) is 13.5. The highest BCUT2D eigenvalue weighted by Crippen LogP contribution is 2.23. The average Bonchev–Trinajstić information content (AvgIpc) is 2.61. The molecule has 0 N–H and O–H groups in total. The van der Waals surface area contributed by atoms with Gasteiger partial charge >= 0.3 is 5.97 Å². The highest BCUT2D eigenvalue weighted by Gasteiger charge is 2.25. The number of non-ortho nitro benzene ring substituents is 1. The number of para-hydroxylation sites is 1. The second-order valence-electron chi connectivity index (χ2n) is 5.20. The summed E-state index contributed by atoms with van der Waals surface area (Å²) in [6.45, 7) is 1.42. The maximum absolute atomic E-state index is 12.4. The molecule has 2 aromatic rings. The predicted molar refractivity (Wildman–Crippen MR) is 92.8 cm³/mol. The summed E-state index contributed by atoms with van der Waals surface area (Å²) in [5, 5.41) is 10.8. The molecule has 1 atom stereocenters. The van der Waals surface area contributed by atoms with Crippen LogP contribution in [0.2, 0.25) is 5.02 Å². The Morgan fingerprint density at radius 1 is 1.20 bits per heavy atom. The normalized spacial score (nSPS) is 11.5. The third-order valence-electron chi connectivity index (χ3n) is 3.49. The van der Waals surface area contributed by atoms with E-state index in [1.54, 1.807) is 31.3 Å². The van der Waals surface area contributed by atoms with Crippen LogP contribution in [0, 0.1) is 10.1 Å². The molecule has 0 fully saturated rings. The summed E-state index contributed by atoms with van der Waals surface area (Å²) in [6.07, 6.45) is -1.09. The molecule has 0 aliphatic heterocycles. The van der Waals surface area contributed by atoms with Gasteiger partial charge in [-0.1, -0.05) is 29.8 Å². The van der Waals surface area contributed by atoms with Crippen LogP contribution in [0.15, 0.2) is 48.5 Å². The third-order valence-corrected chi connectivity index (χ3v) is 3.82. The summed E-state index contributed by atoms with van der Waals surface area (Å²) in [6, 6.07) is 12.3. The fraction of sp³-hybridized carbons (Fsp3) is 0.176. The molecule has 0 bridgehead atoms. The lowest BCUT2D eigenvalue weighted by Gasteiger charge is -2.21. The van der Waals surface area contributed by atoms with Gasteiger partial charge in [0.05, 0.1) is 15.5 Å². The van der Waals surface area contributed by atoms with E-state index in [4.69, 9.17) is 16.3 Å². The van der Waals surface area contributed by atoms with Gasteiger partial charge in [0.2, 0.25) is 0 Å². The SMILES string of the molecule is C[C@H](OC(=O)c1cc([N+](=O)[O-])ccc1Cl)C(=O)N(C)c1ccccc1. The van der Waals surface area contributed by atoms with Crippen molar-refractivity contribution in [3.63, 3.8) is 0 Å². The van der Waals surface area contributed by atoms with Crippen molar-refractivity contribution in [1.29, 1.82) is 0 Å². The molecule has 0 aliphatic carbocycles. The molecular weight excluding hydrogens is 348 g/mol. The van der Waals surface area contributed by atoms with Gasteiger partial charge in [-0.2, -0.15) is 0 Å². The van der Waals surface area contributed by atoms with Crippen LogP contribution in [0.1, 0.15) is 17.3 Å². The zero-order valence-corrected chi connectivity index (χ0v) is 14.3. The minimum atomic E-state index is -1.09. The molecule has 7 nitrogen and oxygen atoms in total. The molecule has 0 aromatic heterocycles. The van der Waals surface area contributed by atoms with Gasteiger partial charge in [0.1, 0.15) is 0 Å². The smallest absolute Gasteiger partial charge is 0.340 e. The fourth-order valence-electron chi connectivity index (χ4n) is 2.11. The second-order valence-corrected chi connectivity index (χ2v) is 5.61. The van der Waals surface area contributed by atoms with Gasteiger partial charge in [-0.25, -0.2) is 4.79 Å². The number of benzene rings is 2. The van der Waals surface area contributed by atoms with Crippen LogP contribution in [0.4, 0.5) is 11.4 Å². The van der Waals surface area contributed by atoms with Gasteiger partial charge in [0, 0.05) is 24.9 Å². The molecule has 0 unspecified atom stereocenters. The zero-order chi connectivity index (χ0) is 18.6. The summed E-state index contributed by atoms with van der Waals surface area (Å²) in [7, 11) is 1.56. The first-order chi connectivity index (χ1) is 11.8. The summed E-state index contributed by atoms with van der Waals surface area (Å²) >= 11 is 5.90. The van der Waals surface area contributed by atoms with Crippen molar-refractivity contribution in [3.05, 3.63) is 69.2 Å². The molecule has 0 aliphatic rings. The molecule has 2 rings (SSSR count). The molecule has 0 saturated heterocycles. The molecule has 0 spiro atoms. The second kappa shape index (κ2) is 7.76. The number of amides is 1. The van der Waals surface area contributed by atoms with Gasteiger partial charge in [-0.15, -0.1) is 0 Å². The van der Waals surface area contributed by atoms with Crippen molar-refractivity contribution in [2.24, 2.45) is 0 Å². The number of nitro groups is 1. The van der Waals surface area contributed by atoms with Crippen molar-refractivity contribution in [2.75, 3.05) is 11.9 Å². The molecule has 25 heavy (non-hydrogen) atoms. The minimum Gasteiger partial charge on any atom is -0.449 e. The monoisotopic (exact) mass is 362 g/mol. The fourth-order valence-corrected chi connectivity index (χ4v) is 2.30. The highest BCUT2D eigenvalue weighted by molar-refractivity contribution is 6.33. The first-order valence-corrected chi connectivity index (χ1v) is 7.66. The lowest BCUT2D eigenvalue weighted by Crippen LogP contribution is -2.37. The summed E-state index contributed by atoms with van der Waals surface area (Å²) in [5.41, 5.74) is 0.179. The molecule has 8 heteroatoms. The van der Waals surface area contributed by atoms with E-state index >= 15 is 0 Å². The number of rotatable bonds is 5. The van der Waals surface area contributed by atoms with Crippen LogP contribution in [-0.2, 0) is 9.53 Å². The number of hydrogen-bond donors (Lipinski definition) is 0. The Morgan fingerprint density at radius 2 is 1.84 bits per heavy atom. The van der Waals surface area contributed by atoms with Gasteiger partial charge in [0.25, 0.3) is 11.6 Å². The summed E-state index contributed by atoms with van der Waals surface area (Å²) < 4.78 is 5.12. The number of nitrogens with zero attached hydrogens (tertiary/aromatic N) is 2.